The molecule has 1 aromatic rings. The third kappa shape index (κ3) is 4.45. The molecule has 1 aliphatic rings. The minimum absolute atomic E-state index is 0.389. The van der Waals surface area contributed by atoms with Crippen molar-refractivity contribution in [1.82, 2.24) is 10.2 Å². The fraction of sp³-hybridized carbons (Fsp3) is 0.667. The van der Waals surface area contributed by atoms with Crippen LogP contribution in [0.5, 0.6) is 5.75 Å². The summed E-state index contributed by atoms with van der Waals surface area (Å²) in [7, 11) is 1.77. The van der Waals surface area contributed by atoms with E-state index in [-0.39, 0.29) is 0 Å². The van der Waals surface area contributed by atoms with Crippen LogP contribution in [0.25, 0.3) is 0 Å². The van der Waals surface area contributed by atoms with E-state index in [0.717, 1.165) is 24.9 Å². The molecule has 1 aromatic carbocycles. The lowest BCUT2D eigenvalue weighted by Gasteiger charge is -2.23. The zero-order valence-corrected chi connectivity index (χ0v) is 14.0. The first-order valence-corrected chi connectivity index (χ1v) is 8.33. The fourth-order valence-electron chi connectivity index (χ4n) is 2.95. The van der Waals surface area contributed by atoms with Gasteiger partial charge < -0.3 is 10.1 Å². The number of nitrogens with zero attached hydrogens (tertiary/aromatic N) is 1. The molecule has 3 nitrogen and oxygen atoms in total. The van der Waals surface area contributed by atoms with Gasteiger partial charge >= 0.3 is 0 Å². The third-order valence-electron chi connectivity index (χ3n) is 4.26. The summed E-state index contributed by atoms with van der Waals surface area (Å²) < 4.78 is 5.57. The summed E-state index contributed by atoms with van der Waals surface area (Å²) in [5, 5.41) is 3.49. The van der Waals surface area contributed by atoms with Gasteiger partial charge in [0.1, 0.15) is 5.75 Å². The van der Waals surface area contributed by atoms with E-state index in [4.69, 9.17) is 4.74 Å². The van der Waals surface area contributed by atoms with Crippen LogP contribution in [-0.4, -0.2) is 31.1 Å². The Morgan fingerprint density at radius 2 is 2.10 bits per heavy atom. The van der Waals surface area contributed by atoms with Crippen molar-refractivity contribution >= 4 is 0 Å². The molecule has 1 saturated carbocycles. The largest absolute Gasteiger partial charge is 0.496 e. The standard InChI is InChI=1S/C18H30N2O/c1-5-11-20(17-8-9-17)13-16-12-15(14(3)19-6-2)7-10-18(16)21-4/h7,10,12,14,17,19H,5-6,8-9,11,13H2,1-4H3. The van der Waals surface area contributed by atoms with Gasteiger partial charge in [0.2, 0.25) is 0 Å². The maximum atomic E-state index is 5.57. The SMILES string of the molecule is CCCN(Cc1cc(C(C)NCC)ccc1OC)C1CC1. The summed E-state index contributed by atoms with van der Waals surface area (Å²) in [6, 6.07) is 7.80. The van der Waals surface area contributed by atoms with E-state index >= 15 is 0 Å². The van der Waals surface area contributed by atoms with Crippen LogP contribution in [0.4, 0.5) is 0 Å². The summed E-state index contributed by atoms with van der Waals surface area (Å²) in [6.45, 7) is 9.81. The van der Waals surface area contributed by atoms with E-state index in [2.05, 4.69) is 49.2 Å². The smallest absolute Gasteiger partial charge is 0.123 e. The van der Waals surface area contributed by atoms with Crippen LogP contribution in [-0.2, 0) is 6.54 Å². The van der Waals surface area contributed by atoms with Gasteiger partial charge in [-0.1, -0.05) is 19.9 Å². The number of benzene rings is 1. The monoisotopic (exact) mass is 290 g/mol. The van der Waals surface area contributed by atoms with Crippen LogP contribution in [0.2, 0.25) is 0 Å². The Balaban J connectivity index is 2.16. The van der Waals surface area contributed by atoms with Gasteiger partial charge in [-0.3, -0.25) is 4.90 Å². The average molecular weight is 290 g/mol. The lowest BCUT2D eigenvalue weighted by molar-refractivity contribution is 0.251. The lowest BCUT2D eigenvalue weighted by Crippen LogP contribution is -2.26. The zero-order valence-electron chi connectivity index (χ0n) is 14.0. The molecule has 3 heteroatoms. The maximum absolute atomic E-state index is 5.57. The molecule has 1 fully saturated rings. The van der Waals surface area contributed by atoms with Crippen LogP contribution in [0.1, 0.15) is 57.2 Å². The minimum atomic E-state index is 0.389. The second kappa shape index (κ2) is 7.81. The molecule has 2 rings (SSSR count). The Morgan fingerprint density at radius 3 is 2.67 bits per heavy atom. The first kappa shape index (κ1) is 16.3. The van der Waals surface area contributed by atoms with Crippen molar-refractivity contribution in [2.45, 2.75) is 58.7 Å². The average Bonchev–Trinajstić information content (AvgIpc) is 3.31. The topological polar surface area (TPSA) is 24.5 Å². The van der Waals surface area contributed by atoms with Crippen molar-refractivity contribution in [2.75, 3.05) is 20.2 Å². The molecule has 118 valence electrons. The van der Waals surface area contributed by atoms with Crippen molar-refractivity contribution in [2.24, 2.45) is 0 Å². The van der Waals surface area contributed by atoms with E-state index in [0.29, 0.717) is 6.04 Å². The van der Waals surface area contributed by atoms with Gasteiger partial charge in [-0.2, -0.15) is 0 Å². The third-order valence-corrected chi connectivity index (χ3v) is 4.26. The molecule has 0 bridgehead atoms. The van der Waals surface area contributed by atoms with Gasteiger partial charge in [0.15, 0.2) is 0 Å². The van der Waals surface area contributed by atoms with E-state index in [1.165, 1.54) is 36.9 Å². The molecule has 0 amide bonds. The molecule has 0 heterocycles. The minimum Gasteiger partial charge on any atom is -0.496 e. The molecule has 0 aromatic heterocycles. The highest BCUT2D eigenvalue weighted by Crippen LogP contribution is 2.31. The molecule has 0 radical (unpaired) electrons. The number of hydrogen-bond donors (Lipinski definition) is 1. The van der Waals surface area contributed by atoms with E-state index < -0.39 is 0 Å². The second-order valence-electron chi connectivity index (χ2n) is 6.05. The highest BCUT2D eigenvalue weighted by atomic mass is 16.5. The van der Waals surface area contributed by atoms with Crippen LogP contribution >= 0.6 is 0 Å². The molecule has 1 unspecified atom stereocenters. The first-order valence-electron chi connectivity index (χ1n) is 8.33. The number of ether oxygens (including phenoxy) is 1. The number of rotatable bonds is 9. The van der Waals surface area contributed by atoms with Crippen molar-refractivity contribution in [3.05, 3.63) is 29.3 Å². The van der Waals surface area contributed by atoms with Crippen LogP contribution < -0.4 is 10.1 Å². The molecule has 0 saturated heterocycles. The molecule has 1 N–H and O–H groups in total. The van der Waals surface area contributed by atoms with Gasteiger partial charge in [-0.05, 0) is 57.0 Å². The molecule has 0 aliphatic heterocycles. The normalized spacial score (nSPS) is 16.2. The predicted octanol–water partition coefficient (Wildman–Crippen LogP) is 3.74. The summed E-state index contributed by atoms with van der Waals surface area (Å²) >= 11 is 0. The fourth-order valence-corrected chi connectivity index (χ4v) is 2.95. The molecule has 1 atom stereocenters. The zero-order chi connectivity index (χ0) is 15.2. The van der Waals surface area contributed by atoms with Gasteiger partial charge in [-0.15, -0.1) is 0 Å². The first-order chi connectivity index (χ1) is 10.2. The van der Waals surface area contributed by atoms with Gasteiger partial charge in [-0.25, -0.2) is 0 Å². The Kier molecular flexibility index (Phi) is 6.07. The molecule has 21 heavy (non-hydrogen) atoms. The number of methoxy groups -OCH3 is 1. The van der Waals surface area contributed by atoms with Crippen molar-refractivity contribution in [1.29, 1.82) is 0 Å². The Hall–Kier alpha value is -1.06. The molecule has 1 aliphatic carbocycles. The lowest BCUT2D eigenvalue weighted by atomic mass is 10.0. The highest BCUT2D eigenvalue weighted by molar-refractivity contribution is 5.38. The van der Waals surface area contributed by atoms with Gasteiger partial charge in [0, 0.05) is 24.2 Å². The summed E-state index contributed by atoms with van der Waals surface area (Å²) in [5.41, 5.74) is 2.67. The van der Waals surface area contributed by atoms with Crippen molar-refractivity contribution in [3.8, 4) is 5.75 Å². The van der Waals surface area contributed by atoms with E-state index in [1.54, 1.807) is 7.11 Å². The van der Waals surface area contributed by atoms with Crippen molar-refractivity contribution < 1.29 is 4.74 Å². The van der Waals surface area contributed by atoms with Crippen LogP contribution in [0, 0.1) is 0 Å². The van der Waals surface area contributed by atoms with E-state index in [9.17, 15) is 0 Å². The van der Waals surface area contributed by atoms with Crippen molar-refractivity contribution in [3.63, 3.8) is 0 Å². The quantitative estimate of drug-likeness (QED) is 0.750. The second-order valence-corrected chi connectivity index (χ2v) is 6.05. The summed E-state index contributed by atoms with van der Waals surface area (Å²) in [5.74, 6) is 1.02. The molecular weight excluding hydrogens is 260 g/mol. The highest BCUT2D eigenvalue weighted by Gasteiger charge is 2.28. The van der Waals surface area contributed by atoms with Gasteiger partial charge in [0.25, 0.3) is 0 Å². The van der Waals surface area contributed by atoms with Crippen LogP contribution in [0.15, 0.2) is 18.2 Å². The number of nitrogens with one attached hydrogen (secondary N) is 1. The molecule has 0 spiro atoms. The van der Waals surface area contributed by atoms with Crippen LogP contribution in [0.3, 0.4) is 0 Å². The summed E-state index contributed by atoms with van der Waals surface area (Å²) in [4.78, 5) is 2.61. The van der Waals surface area contributed by atoms with Gasteiger partial charge in [0.05, 0.1) is 7.11 Å². The summed E-state index contributed by atoms with van der Waals surface area (Å²) in [6.07, 6.45) is 3.93. The number of hydrogen-bond acceptors (Lipinski definition) is 3. The molecular formula is C18H30N2O. The Labute approximate surface area is 129 Å². The Morgan fingerprint density at radius 1 is 1.33 bits per heavy atom. The predicted molar refractivity (Wildman–Crippen MR) is 88.8 cm³/mol. The maximum Gasteiger partial charge on any atom is 0.123 e. The Bertz CT molecular complexity index is 443. The van der Waals surface area contributed by atoms with E-state index in [1.807, 2.05) is 0 Å².